The molecule has 150 valence electrons. The zero-order valence-corrected chi connectivity index (χ0v) is 17.5. The van der Waals surface area contributed by atoms with Crippen molar-refractivity contribution in [1.82, 2.24) is 20.0 Å². The summed E-state index contributed by atoms with van der Waals surface area (Å²) in [6.07, 6.45) is 9.08. The highest BCUT2D eigenvalue weighted by Gasteiger charge is 2.65. The van der Waals surface area contributed by atoms with Gasteiger partial charge in [0.25, 0.3) is 0 Å². The van der Waals surface area contributed by atoms with Crippen LogP contribution in [-0.2, 0) is 18.3 Å². The van der Waals surface area contributed by atoms with Crippen LogP contribution in [0.3, 0.4) is 0 Å². The largest absolute Gasteiger partial charge is 0.377 e. The van der Waals surface area contributed by atoms with Crippen LogP contribution in [0.5, 0.6) is 0 Å². The number of ether oxygens (including phenoxy) is 1. The first-order valence-electron chi connectivity index (χ1n) is 10.5. The summed E-state index contributed by atoms with van der Waals surface area (Å²) < 4.78 is 8.06. The molecule has 1 saturated heterocycles. The van der Waals surface area contributed by atoms with Crippen molar-refractivity contribution < 1.29 is 4.74 Å². The Morgan fingerprint density at radius 3 is 2.85 bits per heavy atom. The molecule has 0 aromatic carbocycles. The second-order valence-corrected chi connectivity index (χ2v) is 9.08. The fourth-order valence-corrected chi connectivity index (χ4v) is 5.88. The maximum atomic E-state index is 6.13. The number of hydrogen-bond donors (Lipinski definition) is 1. The van der Waals surface area contributed by atoms with Crippen LogP contribution in [-0.4, -0.2) is 53.5 Å². The van der Waals surface area contributed by atoms with Gasteiger partial charge < -0.3 is 15.0 Å². The van der Waals surface area contributed by atoms with Gasteiger partial charge in [0.05, 0.1) is 11.8 Å². The van der Waals surface area contributed by atoms with Gasteiger partial charge in [-0.25, -0.2) is 0 Å². The lowest BCUT2D eigenvalue weighted by atomic mass is 9.54. The minimum absolute atomic E-state index is 0.343. The molecule has 6 nitrogen and oxygen atoms in total. The molecule has 2 aliphatic carbocycles. The molecule has 3 aliphatic rings. The molecule has 4 rings (SSSR count). The zero-order valence-electron chi connectivity index (χ0n) is 17.5. The average molecular weight is 374 g/mol. The van der Waals surface area contributed by atoms with Crippen LogP contribution in [0.2, 0.25) is 0 Å². The van der Waals surface area contributed by atoms with E-state index in [0.717, 1.165) is 19.1 Å². The Kier molecular flexibility index (Phi) is 4.95. The highest BCUT2D eigenvalue weighted by Crippen LogP contribution is 2.60. The highest BCUT2D eigenvalue weighted by atomic mass is 16.5. The molecular weight excluding hydrogens is 338 g/mol. The van der Waals surface area contributed by atoms with Crippen LogP contribution in [0, 0.1) is 11.3 Å². The summed E-state index contributed by atoms with van der Waals surface area (Å²) >= 11 is 0. The summed E-state index contributed by atoms with van der Waals surface area (Å²) in [5.74, 6) is 2.07. The molecule has 0 amide bonds. The molecule has 0 bridgehead atoms. The van der Waals surface area contributed by atoms with Crippen molar-refractivity contribution in [2.45, 2.75) is 70.6 Å². The van der Waals surface area contributed by atoms with Crippen molar-refractivity contribution in [2.24, 2.45) is 23.4 Å². The zero-order chi connectivity index (χ0) is 19.2. The van der Waals surface area contributed by atoms with Gasteiger partial charge in [-0.05, 0) is 25.2 Å². The predicted molar refractivity (Wildman–Crippen MR) is 108 cm³/mol. The molecule has 3 fully saturated rings. The van der Waals surface area contributed by atoms with Gasteiger partial charge in [0.15, 0.2) is 5.96 Å². The number of guanidine groups is 1. The molecule has 3 unspecified atom stereocenters. The van der Waals surface area contributed by atoms with Gasteiger partial charge in [0, 0.05) is 63.4 Å². The van der Waals surface area contributed by atoms with Gasteiger partial charge in [0.2, 0.25) is 0 Å². The van der Waals surface area contributed by atoms with Crippen molar-refractivity contribution in [2.75, 3.05) is 20.7 Å². The number of hydrogen-bond acceptors (Lipinski definition) is 3. The van der Waals surface area contributed by atoms with Crippen LogP contribution in [0.15, 0.2) is 11.2 Å². The molecule has 27 heavy (non-hydrogen) atoms. The Morgan fingerprint density at radius 1 is 1.44 bits per heavy atom. The lowest BCUT2D eigenvalue weighted by Crippen LogP contribution is -2.69. The van der Waals surface area contributed by atoms with Crippen molar-refractivity contribution in [3.63, 3.8) is 0 Å². The lowest BCUT2D eigenvalue weighted by Gasteiger charge is -2.57. The maximum absolute atomic E-state index is 6.13. The number of nitrogens with zero attached hydrogens (tertiary/aromatic N) is 4. The third kappa shape index (κ3) is 3.06. The number of aryl methyl sites for hydroxylation is 1. The summed E-state index contributed by atoms with van der Waals surface area (Å²) in [4.78, 5) is 6.86. The minimum Gasteiger partial charge on any atom is -0.377 e. The van der Waals surface area contributed by atoms with Gasteiger partial charge in [-0.3, -0.25) is 9.67 Å². The third-order valence-electron chi connectivity index (χ3n) is 7.04. The normalized spacial score (nSPS) is 29.3. The molecule has 0 radical (unpaired) electrons. The van der Waals surface area contributed by atoms with Gasteiger partial charge >= 0.3 is 0 Å². The Labute approximate surface area is 163 Å². The van der Waals surface area contributed by atoms with E-state index < -0.39 is 0 Å². The monoisotopic (exact) mass is 373 g/mol. The van der Waals surface area contributed by atoms with Crippen molar-refractivity contribution in [1.29, 1.82) is 0 Å². The van der Waals surface area contributed by atoms with Crippen LogP contribution in [0.4, 0.5) is 0 Å². The summed E-state index contributed by atoms with van der Waals surface area (Å²) in [6.45, 7) is 6.16. The van der Waals surface area contributed by atoms with E-state index in [1.165, 1.54) is 43.4 Å². The molecule has 1 N–H and O–H groups in total. The Morgan fingerprint density at radius 2 is 2.19 bits per heavy atom. The van der Waals surface area contributed by atoms with E-state index in [2.05, 4.69) is 47.4 Å². The van der Waals surface area contributed by atoms with Crippen molar-refractivity contribution in [3.8, 4) is 0 Å². The first-order valence-corrected chi connectivity index (χ1v) is 10.5. The molecule has 1 spiro atoms. The Bertz CT molecular complexity index is 703. The molecule has 3 atom stereocenters. The van der Waals surface area contributed by atoms with Gasteiger partial charge in [0.1, 0.15) is 0 Å². The van der Waals surface area contributed by atoms with E-state index in [-0.39, 0.29) is 0 Å². The van der Waals surface area contributed by atoms with E-state index in [0.29, 0.717) is 29.4 Å². The number of aliphatic imine (C=N–C) groups is 1. The number of fused-ring (bicyclic) bond motifs is 2. The molecule has 1 aromatic rings. The van der Waals surface area contributed by atoms with Crippen LogP contribution in [0.25, 0.3) is 0 Å². The maximum Gasteiger partial charge on any atom is 0.193 e. The second-order valence-electron chi connectivity index (χ2n) is 9.08. The summed E-state index contributed by atoms with van der Waals surface area (Å²) in [7, 11) is 6.03. The minimum atomic E-state index is 0.343. The molecular formula is C21H35N5O. The number of nitrogens with one attached hydrogen (secondary N) is 1. The smallest absolute Gasteiger partial charge is 0.193 e. The SMILES string of the molecule is CN=C(NC1C2CCOC2C12CCCC2)N(C)Cc1cn(C)nc1C(C)C. The summed E-state index contributed by atoms with van der Waals surface area (Å²) in [5.41, 5.74) is 2.80. The van der Waals surface area contributed by atoms with Crippen molar-refractivity contribution >= 4 is 5.96 Å². The molecule has 1 aliphatic heterocycles. The highest BCUT2D eigenvalue weighted by molar-refractivity contribution is 5.80. The van der Waals surface area contributed by atoms with Crippen LogP contribution in [0.1, 0.15) is 63.1 Å². The van der Waals surface area contributed by atoms with E-state index in [9.17, 15) is 0 Å². The second kappa shape index (κ2) is 7.12. The fraction of sp³-hybridized carbons (Fsp3) is 0.810. The van der Waals surface area contributed by atoms with Crippen LogP contribution < -0.4 is 5.32 Å². The third-order valence-corrected chi connectivity index (χ3v) is 7.04. The van der Waals surface area contributed by atoms with Crippen LogP contribution >= 0.6 is 0 Å². The first kappa shape index (κ1) is 18.8. The van der Waals surface area contributed by atoms with E-state index >= 15 is 0 Å². The Hall–Kier alpha value is -1.56. The molecule has 6 heteroatoms. The fourth-order valence-electron chi connectivity index (χ4n) is 5.88. The Balaban J connectivity index is 1.48. The molecule has 2 saturated carbocycles. The van der Waals surface area contributed by atoms with E-state index in [1.54, 1.807) is 0 Å². The van der Waals surface area contributed by atoms with Gasteiger partial charge in [-0.15, -0.1) is 0 Å². The summed E-state index contributed by atoms with van der Waals surface area (Å²) in [6, 6.07) is 0.507. The molecule has 1 aromatic heterocycles. The standard InChI is InChI=1S/C21H35N5O/c1-14(2)17-15(13-26(5)24-17)12-25(4)20(22-3)23-18-16-8-11-27-19(16)21(18)9-6-7-10-21/h13-14,16,18-19H,6-12H2,1-5H3,(H,22,23). The summed E-state index contributed by atoms with van der Waals surface area (Å²) in [5, 5.41) is 8.50. The lowest BCUT2D eigenvalue weighted by molar-refractivity contribution is -0.125. The first-order chi connectivity index (χ1) is 13.0. The van der Waals surface area contributed by atoms with Crippen molar-refractivity contribution in [3.05, 3.63) is 17.5 Å². The quantitative estimate of drug-likeness (QED) is 0.651. The molecule has 2 heterocycles. The van der Waals surface area contributed by atoms with Gasteiger partial charge in [-0.2, -0.15) is 5.10 Å². The van der Waals surface area contributed by atoms with E-state index in [4.69, 9.17) is 4.74 Å². The van der Waals surface area contributed by atoms with E-state index in [1.807, 2.05) is 18.8 Å². The number of rotatable bonds is 4. The average Bonchev–Trinajstić information content (AvgIpc) is 3.34. The van der Waals surface area contributed by atoms with Gasteiger partial charge in [-0.1, -0.05) is 26.7 Å². The topological polar surface area (TPSA) is 54.7 Å². The predicted octanol–water partition coefficient (Wildman–Crippen LogP) is 2.90. The number of aromatic nitrogens is 2.